The van der Waals surface area contributed by atoms with Crippen LogP contribution in [0.15, 0.2) is 24.3 Å². The minimum atomic E-state index is -4.56. The highest BCUT2D eigenvalue weighted by Gasteiger charge is 2.32. The molecule has 1 fully saturated rings. The Morgan fingerprint density at radius 3 is 2.59 bits per heavy atom. The molecule has 32 heavy (non-hydrogen) atoms. The molecule has 1 saturated heterocycles. The fourth-order valence-corrected chi connectivity index (χ4v) is 4.33. The molecule has 4 rings (SSSR count). The molecule has 0 bridgehead atoms. The van der Waals surface area contributed by atoms with Gasteiger partial charge in [0, 0.05) is 37.0 Å². The number of phenols is 1. The molecule has 170 valence electrons. The summed E-state index contributed by atoms with van der Waals surface area (Å²) in [4.78, 5) is 18.1. The second-order valence-corrected chi connectivity index (χ2v) is 8.34. The maximum absolute atomic E-state index is 13.1. The van der Waals surface area contributed by atoms with Crippen molar-refractivity contribution in [3.63, 3.8) is 0 Å². The Balaban J connectivity index is 1.81. The lowest BCUT2D eigenvalue weighted by Crippen LogP contribution is -2.39. The standard InChI is InChI=1S/C22H24F3N5O2/c1-11-8-13(22(23,24)25)9-17(31)19(11)16-6-5-15-20(12(2)26)30(28-21(15)27-16)14-4-7-18(32)29(3)10-14/h5-6,8-9,12,14,31H,4,7,10,26H2,1-3H3/t12?,14-/m0/s1. The van der Waals surface area contributed by atoms with Crippen molar-refractivity contribution in [2.75, 3.05) is 13.6 Å². The van der Waals surface area contributed by atoms with E-state index in [1.165, 1.54) is 6.92 Å². The number of nitrogens with zero attached hydrogens (tertiary/aromatic N) is 4. The maximum atomic E-state index is 13.1. The molecule has 1 aromatic carbocycles. The molecule has 2 aromatic heterocycles. The minimum absolute atomic E-state index is 0.0578. The second-order valence-electron chi connectivity index (χ2n) is 8.34. The molecule has 1 unspecified atom stereocenters. The number of alkyl halides is 3. The number of rotatable bonds is 3. The number of phenolic OH excluding ortho intramolecular Hbond substituents is 1. The highest BCUT2D eigenvalue weighted by Crippen LogP contribution is 2.39. The van der Waals surface area contributed by atoms with Gasteiger partial charge >= 0.3 is 6.18 Å². The first-order valence-corrected chi connectivity index (χ1v) is 10.3. The number of carbonyl (C=O) groups excluding carboxylic acids is 1. The first-order valence-electron chi connectivity index (χ1n) is 10.3. The third-order valence-corrected chi connectivity index (χ3v) is 5.88. The summed E-state index contributed by atoms with van der Waals surface area (Å²) >= 11 is 0. The molecule has 1 amide bonds. The molecule has 7 nitrogen and oxygen atoms in total. The highest BCUT2D eigenvalue weighted by atomic mass is 19.4. The number of nitrogens with two attached hydrogens (primary N) is 1. The Kier molecular flexibility index (Phi) is 5.36. The summed E-state index contributed by atoms with van der Waals surface area (Å²) in [5, 5.41) is 15.7. The van der Waals surface area contributed by atoms with Crippen LogP contribution in [0.1, 0.15) is 48.7 Å². The molecule has 3 aromatic rings. The Morgan fingerprint density at radius 2 is 2.00 bits per heavy atom. The summed E-state index contributed by atoms with van der Waals surface area (Å²) in [6, 6.07) is 4.70. The van der Waals surface area contributed by atoms with Gasteiger partial charge in [-0.25, -0.2) is 4.98 Å². The van der Waals surface area contributed by atoms with Gasteiger partial charge in [0.25, 0.3) is 0 Å². The van der Waals surface area contributed by atoms with E-state index in [4.69, 9.17) is 5.73 Å². The lowest BCUT2D eigenvalue weighted by molar-refractivity contribution is -0.137. The zero-order valence-corrected chi connectivity index (χ0v) is 17.9. The van der Waals surface area contributed by atoms with Crippen LogP contribution in [0, 0.1) is 6.92 Å². The minimum Gasteiger partial charge on any atom is -0.507 e. The number of likely N-dealkylation sites (tertiary alicyclic amines) is 1. The van der Waals surface area contributed by atoms with Crippen molar-refractivity contribution in [3.05, 3.63) is 41.1 Å². The molecule has 1 aliphatic heterocycles. The number of amides is 1. The van der Waals surface area contributed by atoms with Crippen LogP contribution in [0.25, 0.3) is 22.3 Å². The summed E-state index contributed by atoms with van der Waals surface area (Å²) in [5.74, 6) is -0.419. The van der Waals surface area contributed by atoms with E-state index in [0.717, 1.165) is 17.1 Å². The van der Waals surface area contributed by atoms with Crippen LogP contribution < -0.4 is 5.73 Å². The second kappa shape index (κ2) is 7.77. The molecule has 10 heteroatoms. The first-order chi connectivity index (χ1) is 15.0. The summed E-state index contributed by atoms with van der Waals surface area (Å²) < 4.78 is 41.0. The predicted molar refractivity (Wildman–Crippen MR) is 113 cm³/mol. The Bertz CT molecular complexity index is 1180. The number of hydrogen-bond acceptors (Lipinski definition) is 5. The van der Waals surface area contributed by atoms with Gasteiger partial charge in [0.2, 0.25) is 5.91 Å². The van der Waals surface area contributed by atoms with Crippen LogP contribution in [-0.2, 0) is 11.0 Å². The largest absolute Gasteiger partial charge is 0.507 e. The van der Waals surface area contributed by atoms with Gasteiger partial charge in [0.05, 0.1) is 23.0 Å². The molecule has 0 radical (unpaired) electrons. The average Bonchev–Trinajstić information content (AvgIpc) is 3.08. The molecule has 0 aliphatic carbocycles. The normalized spacial score (nSPS) is 18.4. The van der Waals surface area contributed by atoms with Crippen LogP contribution in [0.2, 0.25) is 0 Å². The smallest absolute Gasteiger partial charge is 0.416 e. The summed E-state index contributed by atoms with van der Waals surface area (Å²) in [5.41, 5.74) is 7.27. The van der Waals surface area contributed by atoms with Crippen molar-refractivity contribution in [2.45, 2.75) is 44.9 Å². The van der Waals surface area contributed by atoms with E-state index in [1.807, 2.05) is 11.6 Å². The third-order valence-electron chi connectivity index (χ3n) is 5.88. The van der Waals surface area contributed by atoms with E-state index in [9.17, 15) is 23.1 Å². The van der Waals surface area contributed by atoms with Gasteiger partial charge in [0.1, 0.15) is 5.75 Å². The van der Waals surface area contributed by atoms with Gasteiger partial charge in [-0.15, -0.1) is 0 Å². The SMILES string of the molecule is Cc1cc(C(F)(F)F)cc(O)c1-c1ccc2c(C(C)N)n([C@H]3CCC(=O)N(C)C3)nc2n1. The molecular formula is C22H24F3N5O2. The van der Waals surface area contributed by atoms with Crippen molar-refractivity contribution in [1.82, 2.24) is 19.7 Å². The number of aryl methyl sites for hydroxylation is 1. The Hall–Kier alpha value is -3.14. The topological polar surface area (TPSA) is 97.3 Å². The van der Waals surface area contributed by atoms with Crippen LogP contribution in [0.3, 0.4) is 0 Å². The summed E-state index contributed by atoms with van der Waals surface area (Å²) in [7, 11) is 1.75. The van der Waals surface area contributed by atoms with Gasteiger partial charge in [-0.2, -0.15) is 18.3 Å². The zero-order chi connectivity index (χ0) is 23.4. The van der Waals surface area contributed by atoms with Gasteiger partial charge in [-0.1, -0.05) is 0 Å². The number of halogens is 3. The summed E-state index contributed by atoms with van der Waals surface area (Å²) in [6.07, 6.45) is -3.52. The van der Waals surface area contributed by atoms with Crippen molar-refractivity contribution in [3.8, 4) is 17.0 Å². The molecule has 2 atom stereocenters. The number of pyridine rings is 1. The number of carbonyl (C=O) groups is 1. The third kappa shape index (κ3) is 3.79. The van der Waals surface area contributed by atoms with Gasteiger partial charge in [-0.05, 0) is 50.1 Å². The number of piperidine rings is 1. The molecule has 3 N–H and O–H groups in total. The van der Waals surface area contributed by atoms with Crippen LogP contribution in [0.4, 0.5) is 13.2 Å². The predicted octanol–water partition coefficient (Wildman–Crippen LogP) is 3.94. The number of benzene rings is 1. The Morgan fingerprint density at radius 1 is 1.28 bits per heavy atom. The first kappa shape index (κ1) is 22.1. The van der Waals surface area contributed by atoms with E-state index >= 15 is 0 Å². The van der Waals surface area contributed by atoms with Crippen molar-refractivity contribution in [2.24, 2.45) is 5.73 Å². The van der Waals surface area contributed by atoms with Crippen molar-refractivity contribution in [1.29, 1.82) is 0 Å². The van der Waals surface area contributed by atoms with E-state index in [-0.39, 0.29) is 29.1 Å². The highest BCUT2D eigenvalue weighted by molar-refractivity contribution is 5.83. The quantitative estimate of drug-likeness (QED) is 0.634. The van der Waals surface area contributed by atoms with Crippen LogP contribution in [0.5, 0.6) is 5.75 Å². The number of aromatic hydroxyl groups is 1. The van der Waals surface area contributed by atoms with Crippen molar-refractivity contribution < 1.29 is 23.1 Å². The van der Waals surface area contributed by atoms with Gasteiger partial charge < -0.3 is 15.7 Å². The van der Waals surface area contributed by atoms with Crippen molar-refractivity contribution >= 4 is 16.9 Å². The molecular weight excluding hydrogens is 423 g/mol. The fraction of sp³-hybridized carbons (Fsp3) is 0.409. The molecule has 1 aliphatic rings. The number of fused-ring (bicyclic) bond motifs is 1. The monoisotopic (exact) mass is 447 g/mol. The van der Waals surface area contributed by atoms with E-state index in [0.29, 0.717) is 36.8 Å². The molecule has 3 heterocycles. The van der Waals surface area contributed by atoms with Crippen LogP contribution >= 0.6 is 0 Å². The molecule has 0 spiro atoms. The number of likely N-dealkylation sites (N-methyl/N-ethyl adjacent to an activating group) is 1. The zero-order valence-electron chi connectivity index (χ0n) is 17.9. The van der Waals surface area contributed by atoms with Crippen LogP contribution in [-0.4, -0.2) is 44.3 Å². The van der Waals surface area contributed by atoms with E-state index in [2.05, 4.69) is 10.1 Å². The Labute approximate surface area is 182 Å². The van der Waals surface area contributed by atoms with E-state index in [1.54, 1.807) is 24.1 Å². The fourth-order valence-electron chi connectivity index (χ4n) is 4.33. The summed E-state index contributed by atoms with van der Waals surface area (Å²) in [6.45, 7) is 3.83. The average molecular weight is 447 g/mol. The van der Waals surface area contributed by atoms with Gasteiger partial charge in [-0.3, -0.25) is 9.48 Å². The molecule has 0 saturated carbocycles. The lowest BCUT2D eigenvalue weighted by Gasteiger charge is -2.31. The van der Waals surface area contributed by atoms with E-state index < -0.39 is 17.5 Å². The lowest BCUT2D eigenvalue weighted by atomic mass is 9.99. The number of aromatic nitrogens is 3. The van der Waals surface area contributed by atoms with Gasteiger partial charge in [0.15, 0.2) is 5.65 Å². The number of hydrogen-bond donors (Lipinski definition) is 2. The maximum Gasteiger partial charge on any atom is 0.416 e.